The summed E-state index contributed by atoms with van der Waals surface area (Å²) in [5.74, 6) is 0.528. The van der Waals surface area contributed by atoms with Gasteiger partial charge in [0.1, 0.15) is 18.5 Å². The first-order valence-electron chi connectivity index (χ1n) is 6.83. The average Bonchev–Trinajstić information content (AvgIpc) is 2.35. The fourth-order valence-electron chi connectivity index (χ4n) is 1.72. The maximum absolute atomic E-state index is 9.90. The Labute approximate surface area is 157 Å². The van der Waals surface area contributed by atoms with Gasteiger partial charge in [-0.15, -0.1) is 37.2 Å². The smallest absolute Gasteiger partial charge is 0.144 e. The monoisotopic (exact) mass is 389 g/mol. The highest BCUT2D eigenvalue weighted by Gasteiger charge is 2.14. The minimum atomic E-state index is -0.601. The van der Waals surface area contributed by atoms with Crippen LogP contribution in [0.1, 0.15) is 31.9 Å². The fourth-order valence-corrected chi connectivity index (χ4v) is 1.72. The first-order chi connectivity index (χ1) is 9.11. The maximum Gasteiger partial charge on any atom is 0.144 e. The number of aliphatic hydroxyl groups is 1. The average molecular weight is 391 g/mol. The highest BCUT2D eigenvalue weighted by atomic mass is 35.5. The zero-order valence-electron chi connectivity index (χ0n) is 14.3. The number of anilines is 2. The number of hydrogen-bond donors (Lipinski definition) is 4. The summed E-state index contributed by atoms with van der Waals surface area (Å²) in [6, 6.07) is 1.85. The van der Waals surface area contributed by atoms with Crippen molar-refractivity contribution < 1.29 is 9.84 Å². The Morgan fingerprint density at radius 1 is 1.13 bits per heavy atom. The van der Waals surface area contributed by atoms with Crippen LogP contribution in [-0.2, 0) is 0 Å². The number of rotatable bonds is 5. The highest BCUT2D eigenvalue weighted by Crippen LogP contribution is 2.32. The van der Waals surface area contributed by atoms with Crippen molar-refractivity contribution in [2.24, 2.45) is 0 Å². The molecule has 6 N–H and O–H groups in total. The molecule has 0 amide bonds. The Bertz CT molecular complexity index is 480. The van der Waals surface area contributed by atoms with E-state index in [1.165, 1.54) is 0 Å². The Morgan fingerprint density at radius 3 is 2.13 bits per heavy atom. The van der Waals surface area contributed by atoms with E-state index in [0.717, 1.165) is 11.1 Å². The summed E-state index contributed by atoms with van der Waals surface area (Å²) >= 11 is 0. The second-order valence-electron chi connectivity index (χ2n) is 6.24. The maximum atomic E-state index is 9.90. The van der Waals surface area contributed by atoms with E-state index < -0.39 is 6.10 Å². The van der Waals surface area contributed by atoms with Crippen LogP contribution in [0.4, 0.5) is 11.4 Å². The molecule has 0 aromatic heterocycles. The van der Waals surface area contributed by atoms with Crippen molar-refractivity contribution in [2.75, 3.05) is 24.6 Å². The van der Waals surface area contributed by atoms with E-state index in [0.29, 0.717) is 23.7 Å². The number of halogens is 3. The van der Waals surface area contributed by atoms with Gasteiger partial charge in [-0.3, -0.25) is 0 Å². The van der Waals surface area contributed by atoms with E-state index in [2.05, 4.69) is 5.32 Å². The minimum absolute atomic E-state index is 0. The first kappa shape index (κ1) is 27.3. The van der Waals surface area contributed by atoms with Crippen molar-refractivity contribution in [3.8, 4) is 5.75 Å². The lowest BCUT2D eigenvalue weighted by molar-refractivity contribution is 0.100. The van der Waals surface area contributed by atoms with Crippen LogP contribution in [-0.4, -0.2) is 29.9 Å². The summed E-state index contributed by atoms with van der Waals surface area (Å²) in [4.78, 5) is 0. The Kier molecular flexibility index (Phi) is 13.1. The lowest BCUT2D eigenvalue weighted by Crippen LogP contribution is -2.42. The number of aryl methyl sites for hydroxylation is 1. The molecule has 0 saturated carbocycles. The molecule has 8 heteroatoms. The van der Waals surface area contributed by atoms with Crippen LogP contribution in [0.3, 0.4) is 0 Å². The predicted octanol–water partition coefficient (Wildman–Crippen LogP) is 2.86. The van der Waals surface area contributed by atoms with Gasteiger partial charge in [0.2, 0.25) is 0 Å². The summed E-state index contributed by atoms with van der Waals surface area (Å²) in [6.07, 6.45) is -0.601. The van der Waals surface area contributed by atoms with Crippen molar-refractivity contribution in [1.29, 1.82) is 0 Å². The van der Waals surface area contributed by atoms with Gasteiger partial charge < -0.3 is 26.6 Å². The number of aliphatic hydroxyl groups excluding tert-OH is 1. The highest BCUT2D eigenvalue weighted by molar-refractivity contribution is 5.86. The Morgan fingerprint density at radius 2 is 1.65 bits per heavy atom. The molecule has 1 atom stereocenters. The van der Waals surface area contributed by atoms with Crippen molar-refractivity contribution in [3.63, 3.8) is 0 Å². The number of ether oxygens (including phenoxy) is 1. The van der Waals surface area contributed by atoms with E-state index in [4.69, 9.17) is 16.2 Å². The van der Waals surface area contributed by atoms with Crippen LogP contribution in [0.25, 0.3) is 0 Å². The summed E-state index contributed by atoms with van der Waals surface area (Å²) in [5.41, 5.74) is 14.8. The fraction of sp³-hybridized carbons (Fsp3) is 0.600. The molecule has 0 aliphatic rings. The molecule has 0 saturated heterocycles. The SMILES string of the molecule is Cc1cc(OCC(O)CNC(C)(C)C)c(N)c(N)c1C.Cl.Cl.Cl. The van der Waals surface area contributed by atoms with Gasteiger partial charge in [0.15, 0.2) is 0 Å². The predicted molar refractivity (Wildman–Crippen MR) is 106 cm³/mol. The van der Waals surface area contributed by atoms with Crippen LogP contribution >= 0.6 is 37.2 Å². The third kappa shape index (κ3) is 8.72. The van der Waals surface area contributed by atoms with Crippen LogP contribution in [0.2, 0.25) is 0 Å². The number of nitrogens with one attached hydrogen (secondary N) is 1. The van der Waals surface area contributed by atoms with E-state index in [-0.39, 0.29) is 49.4 Å². The Balaban J connectivity index is -0.00000133. The number of nitrogen functional groups attached to an aromatic ring is 2. The third-order valence-electron chi connectivity index (χ3n) is 3.20. The first-order valence-corrected chi connectivity index (χ1v) is 6.83. The van der Waals surface area contributed by atoms with Crippen molar-refractivity contribution in [2.45, 2.75) is 46.3 Å². The zero-order chi connectivity index (χ0) is 15.5. The topological polar surface area (TPSA) is 93.5 Å². The van der Waals surface area contributed by atoms with Crippen molar-refractivity contribution in [1.82, 2.24) is 5.32 Å². The quantitative estimate of drug-likeness (QED) is 0.580. The largest absolute Gasteiger partial charge is 0.489 e. The van der Waals surface area contributed by atoms with Crippen LogP contribution in [0.15, 0.2) is 6.07 Å². The van der Waals surface area contributed by atoms with Gasteiger partial charge in [-0.05, 0) is 51.8 Å². The van der Waals surface area contributed by atoms with Gasteiger partial charge in [0, 0.05) is 12.1 Å². The van der Waals surface area contributed by atoms with E-state index in [1.807, 2.05) is 40.7 Å². The summed E-state index contributed by atoms with van der Waals surface area (Å²) < 4.78 is 5.59. The van der Waals surface area contributed by atoms with Crippen LogP contribution < -0.4 is 21.5 Å². The van der Waals surface area contributed by atoms with E-state index >= 15 is 0 Å². The second-order valence-corrected chi connectivity index (χ2v) is 6.24. The van der Waals surface area contributed by atoms with Gasteiger partial charge in [-0.1, -0.05) is 0 Å². The molecule has 1 unspecified atom stereocenters. The lowest BCUT2D eigenvalue weighted by Gasteiger charge is -2.23. The normalized spacial score (nSPS) is 11.6. The molecule has 0 aliphatic carbocycles. The zero-order valence-corrected chi connectivity index (χ0v) is 16.8. The van der Waals surface area contributed by atoms with Crippen LogP contribution in [0, 0.1) is 13.8 Å². The molecule has 23 heavy (non-hydrogen) atoms. The van der Waals surface area contributed by atoms with E-state index in [1.54, 1.807) is 0 Å². The minimum Gasteiger partial charge on any atom is -0.489 e. The Hall–Kier alpha value is -0.590. The van der Waals surface area contributed by atoms with Crippen molar-refractivity contribution >= 4 is 48.6 Å². The summed E-state index contributed by atoms with van der Waals surface area (Å²) in [5, 5.41) is 13.1. The molecule has 1 aromatic carbocycles. The van der Waals surface area contributed by atoms with Gasteiger partial charge in [0.25, 0.3) is 0 Å². The lowest BCUT2D eigenvalue weighted by atomic mass is 10.1. The van der Waals surface area contributed by atoms with Crippen molar-refractivity contribution in [3.05, 3.63) is 17.2 Å². The number of benzene rings is 1. The molecular weight excluding hydrogens is 361 g/mol. The molecule has 1 rings (SSSR count). The van der Waals surface area contributed by atoms with Gasteiger partial charge >= 0.3 is 0 Å². The molecule has 0 bridgehead atoms. The molecule has 1 aromatic rings. The molecular formula is C15H30Cl3N3O2. The molecule has 0 spiro atoms. The molecule has 138 valence electrons. The standard InChI is InChI=1S/C15H27N3O2.3ClH/c1-9-6-12(14(17)13(16)10(9)2)20-8-11(19)7-18-15(3,4)5;;;/h6,11,18-19H,7-8,16-17H2,1-5H3;3*1H. The van der Waals surface area contributed by atoms with E-state index in [9.17, 15) is 5.11 Å². The summed E-state index contributed by atoms with van der Waals surface area (Å²) in [7, 11) is 0. The number of β-amino-alcohol motifs (C(OH)–C–C–N with tert-alkyl or cyclic N) is 1. The van der Waals surface area contributed by atoms with Gasteiger partial charge in [-0.25, -0.2) is 0 Å². The molecule has 0 fully saturated rings. The molecule has 0 radical (unpaired) electrons. The summed E-state index contributed by atoms with van der Waals surface area (Å²) in [6.45, 7) is 10.6. The molecule has 0 heterocycles. The second kappa shape index (κ2) is 11.0. The third-order valence-corrected chi connectivity index (χ3v) is 3.20. The molecule has 5 nitrogen and oxygen atoms in total. The van der Waals surface area contributed by atoms with Gasteiger partial charge in [-0.2, -0.15) is 0 Å². The number of nitrogens with two attached hydrogens (primary N) is 2. The van der Waals surface area contributed by atoms with Crippen LogP contribution in [0.5, 0.6) is 5.75 Å². The van der Waals surface area contributed by atoms with Gasteiger partial charge in [0.05, 0.1) is 11.4 Å². The number of hydrogen-bond acceptors (Lipinski definition) is 5. The molecule has 0 aliphatic heterocycles.